The van der Waals surface area contributed by atoms with E-state index in [-0.39, 0.29) is 29.6 Å². The number of nitrogens with zero attached hydrogens (tertiary/aromatic N) is 3. The Kier molecular flexibility index (Phi) is 5.30. The van der Waals surface area contributed by atoms with Crippen LogP contribution in [0.25, 0.3) is 0 Å². The van der Waals surface area contributed by atoms with Crippen molar-refractivity contribution in [3.05, 3.63) is 41.8 Å². The molecule has 2 saturated carbocycles. The van der Waals surface area contributed by atoms with Crippen LogP contribution in [0.2, 0.25) is 0 Å². The van der Waals surface area contributed by atoms with Gasteiger partial charge in [-0.1, -0.05) is 26.0 Å². The van der Waals surface area contributed by atoms with E-state index in [4.69, 9.17) is 0 Å². The zero-order valence-electron chi connectivity index (χ0n) is 16.7. The highest BCUT2D eigenvalue weighted by molar-refractivity contribution is 5.85. The van der Waals surface area contributed by atoms with Crippen molar-refractivity contribution in [2.24, 2.45) is 28.7 Å². The van der Waals surface area contributed by atoms with E-state index in [9.17, 15) is 9.18 Å². The van der Waals surface area contributed by atoms with Crippen LogP contribution in [0.3, 0.4) is 0 Å². The third kappa shape index (κ3) is 3.73. The number of benzene rings is 1. The van der Waals surface area contributed by atoms with Crippen LogP contribution in [0.5, 0.6) is 0 Å². The summed E-state index contributed by atoms with van der Waals surface area (Å²) in [6.45, 7) is 7.68. The topological polar surface area (TPSA) is 79.3 Å². The van der Waals surface area contributed by atoms with E-state index in [1.807, 2.05) is 24.3 Å². The van der Waals surface area contributed by atoms with Gasteiger partial charge in [0, 0.05) is 11.7 Å². The fourth-order valence-electron chi connectivity index (χ4n) is 5.03. The molecule has 0 spiro atoms. The van der Waals surface area contributed by atoms with Gasteiger partial charge in [-0.25, -0.2) is 14.4 Å². The van der Waals surface area contributed by atoms with Gasteiger partial charge in [-0.3, -0.25) is 4.79 Å². The molecule has 2 aliphatic carbocycles. The van der Waals surface area contributed by atoms with Gasteiger partial charge in [0.2, 0.25) is 5.95 Å². The van der Waals surface area contributed by atoms with Gasteiger partial charge in [0.05, 0.1) is 12.1 Å². The molecule has 1 heterocycles. The summed E-state index contributed by atoms with van der Waals surface area (Å²) in [6.07, 6.45) is 4.02. The number of anilines is 3. The number of carbonyl (C=O) groups excluding carboxylic acids is 1. The van der Waals surface area contributed by atoms with Crippen molar-refractivity contribution >= 4 is 30.1 Å². The largest absolute Gasteiger partial charge is 0.364 e. The van der Waals surface area contributed by atoms with E-state index in [0.717, 1.165) is 31.1 Å². The van der Waals surface area contributed by atoms with Crippen molar-refractivity contribution in [1.29, 1.82) is 0 Å². The average Bonchev–Trinajstić information content (AvgIpc) is 3.27. The van der Waals surface area contributed by atoms with E-state index in [0.29, 0.717) is 17.8 Å². The first kappa shape index (κ1) is 19.5. The van der Waals surface area contributed by atoms with Crippen LogP contribution in [0, 0.1) is 29.5 Å². The fraction of sp³-hybridized carbons (Fsp3) is 0.455. The Morgan fingerprint density at radius 3 is 2.97 bits per heavy atom. The summed E-state index contributed by atoms with van der Waals surface area (Å²) in [4.78, 5) is 24.4. The molecule has 1 aromatic carbocycles. The molecular formula is C22H26FN5O. The van der Waals surface area contributed by atoms with Gasteiger partial charge >= 0.3 is 0 Å². The Labute approximate surface area is 170 Å². The lowest BCUT2D eigenvalue weighted by atomic mass is 9.78. The standard InChI is InChI=1S/C22H26FN5O/c1-4-13-6-5-7-15(9-13)26-22-25-11-17(23)20(28-22)27-19-16-10-14(8-12(16)2)18(19)21(29)24-3/h5-7,9,11-12,14,16,18-19H,3-4,8,10H2,1-2H3,(H2,25,26,27,28). The number of aliphatic imine (C=N–C) groups is 1. The first-order valence-corrected chi connectivity index (χ1v) is 10.2. The fourth-order valence-corrected chi connectivity index (χ4v) is 5.03. The quantitative estimate of drug-likeness (QED) is 0.716. The molecule has 0 aliphatic heterocycles. The van der Waals surface area contributed by atoms with E-state index in [2.05, 4.69) is 46.2 Å². The molecule has 2 aliphatic rings. The lowest BCUT2D eigenvalue weighted by Gasteiger charge is -2.33. The van der Waals surface area contributed by atoms with E-state index in [1.165, 1.54) is 5.56 Å². The molecule has 2 N–H and O–H groups in total. The summed E-state index contributed by atoms with van der Waals surface area (Å²) in [7, 11) is 0. The first-order chi connectivity index (χ1) is 14.0. The van der Waals surface area contributed by atoms with Crippen LogP contribution in [-0.4, -0.2) is 28.6 Å². The lowest BCUT2D eigenvalue weighted by Crippen LogP contribution is -2.41. The second-order valence-electron chi connectivity index (χ2n) is 8.13. The Hall–Kier alpha value is -2.83. The molecule has 0 radical (unpaired) electrons. The normalized spacial score (nSPS) is 27.6. The zero-order chi connectivity index (χ0) is 20.5. The molecule has 2 aromatic rings. The molecule has 5 atom stereocenters. The van der Waals surface area contributed by atoms with Crippen molar-refractivity contribution in [2.75, 3.05) is 10.6 Å². The molecule has 2 bridgehead atoms. The zero-order valence-corrected chi connectivity index (χ0v) is 16.7. The Balaban J connectivity index is 1.57. The minimum atomic E-state index is -0.536. The summed E-state index contributed by atoms with van der Waals surface area (Å²) >= 11 is 0. The van der Waals surface area contributed by atoms with Gasteiger partial charge in [-0.15, -0.1) is 0 Å². The molecule has 152 valence electrons. The maximum absolute atomic E-state index is 14.5. The Morgan fingerprint density at radius 2 is 2.21 bits per heavy atom. The summed E-state index contributed by atoms with van der Waals surface area (Å²) in [5, 5.41) is 6.35. The number of halogens is 1. The average molecular weight is 395 g/mol. The summed E-state index contributed by atoms with van der Waals surface area (Å²) in [6, 6.07) is 7.74. The van der Waals surface area contributed by atoms with Crippen molar-refractivity contribution in [3.8, 4) is 0 Å². The number of hydrogen-bond donors (Lipinski definition) is 2. The highest BCUT2D eigenvalue weighted by atomic mass is 19.1. The number of fused-ring (bicyclic) bond motifs is 2. The van der Waals surface area contributed by atoms with Crippen LogP contribution < -0.4 is 10.6 Å². The van der Waals surface area contributed by atoms with Crippen molar-refractivity contribution in [1.82, 2.24) is 9.97 Å². The van der Waals surface area contributed by atoms with Crippen LogP contribution in [0.1, 0.15) is 32.3 Å². The summed E-state index contributed by atoms with van der Waals surface area (Å²) in [5.74, 6) is 0.430. The maximum atomic E-state index is 14.5. The molecule has 0 saturated heterocycles. The number of carbonyl (C=O) groups is 1. The van der Waals surface area contributed by atoms with Crippen molar-refractivity contribution < 1.29 is 9.18 Å². The van der Waals surface area contributed by atoms with Crippen LogP contribution in [-0.2, 0) is 11.2 Å². The maximum Gasteiger partial charge on any atom is 0.250 e. The lowest BCUT2D eigenvalue weighted by molar-refractivity contribution is -0.123. The third-order valence-corrected chi connectivity index (χ3v) is 6.42. The third-order valence-electron chi connectivity index (χ3n) is 6.42. The van der Waals surface area contributed by atoms with Gasteiger partial charge in [-0.05, 0) is 61.4 Å². The molecule has 4 rings (SSSR count). The van der Waals surface area contributed by atoms with Gasteiger partial charge in [0.25, 0.3) is 5.91 Å². The highest BCUT2D eigenvalue weighted by Gasteiger charge is 2.54. The minimum Gasteiger partial charge on any atom is -0.364 e. The molecule has 5 unspecified atom stereocenters. The second kappa shape index (κ2) is 7.89. The molecule has 7 heteroatoms. The van der Waals surface area contributed by atoms with Gasteiger partial charge < -0.3 is 10.6 Å². The number of aromatic nitrogens is 2. The smallest absolute Gasteiger partial charge is 0.250 e. The van der Waals surface area contributed by atoms with Gasteiger partial charge in [-0.2, -0.15) is 4.98 Å². The molecule has 1 amide bonds. The van der Waals surface area contributed by atoms with Crippen molar-refractivity contribution in [3.63, 3.8) is 0 Å². The predicted molar refractivity (Wildman–Crippen MR) is 112 cm³/mol. The minimum absolute atomic E-state index is 0.112. The molecule has 6 nitrogen and oxygen atoms in total. The van der Waals surface area contributed by atoms with E-state index >= 15 is 0 Å². The molecule has 2 fully saturated rings. The number of rotatable bonds is 6. The molecular weight excluding hydrogens is 369 g/mol. The van der Waals surface area contributed by atoms with Crippen LogP contribution >= 0.6 is 0 Å². The van der Waals surface area contributed by atoms with Crippen LogP contribution in [0.15, 0.2) is 35.5 Å². The van der Waals surface area contributed by atoms with Crippen LogP contribution in [0.4, 0.5) is 21.8 Å². The monoisotopic (exact) mass is 395 g/mol. The van der Waals surface area contributed by atoms with Gasteiger partial charge in [0.15, 0.2) is 11.6 Å². The molecule has 29 heavy (non-hydrogen) atoms. The first-order valence-electron chi connectivity index (χ1n) is 10.2. The number of amides is 1. The predicted octanol–water partition coefficient (Wildman–Crippen LogP) is 4.22. The SMILES string of the molecule is C=NC(=O)C1C2CC(C)C(C2)C1Nc1nc(Nc2cccc(CC)c2)ncc1F. The van der Waals surface area contributed by atoms with E-state index in [1.54, 1.807) is 0 Å². The number of hydrogen-bond acceptors (Lipinski definition) is 5. The second-order valence-corrected chi connectivity index (χ2v) is 8.13. The number of aryl methyl sites for hydroxylation is 1. The summed E-state index contributed by atoms with van der Waals surface area (Å²) < 4.78 is 14.5. The van der Waals surface area contributed by atoms with E-state index < -0.39 is 5.82 Å². The molecule has 1 aromatic heterocycles. The Morgan fingerprint density at radius 1 is 1.38 bits per heavy atom. The highest BCUT2D eigenvalue weighted by Crippen LogP contribution is 2.53. The Bertz CT molecular complexity index is 933. The number of nitrogens with one attached hydrogen (secondary N) is 2. The van der Waals surface area contributed by atoms with Gasteiger partial charge in [0.1, 0.15) is 0 Å². The summed E-state index contributed by atoms with van der Waals surface area (Å²) in [5.41, 5.74) is 2.03. The van der Waals surface area contributed by atoms with Crippen molar-refractivity contribution in [2.45, 2.75) is 39.2 Å².